The number of carbonyl (C=O) groups is 1. The van der Waals surface area contributed by atoms with Crippen LogP contribution in [-0.2, 0) is 12.6 Å². The summed E-state index contributed by atoms with van der Waals surface area (Å²) in [5.74, 6) is 0.0722. The normalized spacial score (nSPS) is 15.2. The average molecular weight is 401 g/mol. The Morgan fingerprint density at radius 3 is 2.48 bits per heavy atom. The first kappa shape index (κ1) is 21.3. The van der Waals surface area contributed by atoms with Crippen LogP contribution in [0.15, 0.2) is 54.6 Å². The molecule has 0 saturated carbocycles. The molecule has 2 nitrogen and oxygen atoms in total. The van der Waals surface area contributed by atoms with Gasteiger partial charge in [-0.25, -0.2) is 0 Å². The van der Waals surface area contributed by atoms with Gasteiger partial charge in [0.1, 0.15) is 0 Å². The van der Waals surface area contributed by atoms with Crippen molar-refractivity contribution in [1.82, 2.24) is 4.90 Å². The van der Waals surface area contributed by atoms with Crippen molar-refractivity contribution in [2.45, 2.75) is 38.8 Å². The maximum atomic E-state index is 12.9. The fraction of sp³-hybridized carbons (Fsp3) is 0.375. The first-order chi connectivity index (χ1) is 13.9. The minimum atomic E-state index is -4.34. The van der Waals surface area contributed by atoms with Gasteiger partial charge in [-0.3, -0.25) is 9.69 Å². The molecular weight excluding hydrogens is 375 g/mol. The molecule has 1 aliphatic rings. The van der Waals surface area contributed by atoms with E-state index in [0.717, 1.165) is 30.9 Å². The number of alkyl halides is 3. The van der Waals surface area contributed by atoms with E-state index in [1.54, 1.807) is 6.07 Å². The molecule has 1 aliphatic heterocycles. The topological polar surface area (TPSA) is 20.3 Å². The second kappa shape index (κ2) is 9.40. The second-order valence-electron chi connectivity index (χ2n) is 7.52. The monoisotopic (exact) mass is 401 g/mol. The summed E-state index contributed by atoms with van der Waals surface area (Å²) in [6, 6.07) is 13.3. The van der Waals surface area contributed by atoms with Crippen LogP contribution < -0.4 is 0 Å². The van der Waals surface area contributed by atoms with E-state index in [9.17, 15) is 18.0 Å². The molecule has 5 heteroatoms. The second-order valence-corrected chi connectivity index (χ2v) is 7.52. The third kappa shape index (κ3) is 5.80. The first-order valence-electron chi connectivity index (χ1n) is 10.1. The zero-order valence-corrected chi connectivity index (χ0v) is 16.6. The van der Waals surface area contributed by atoms with Crippen LogP contribution in [0.3, 0.4) is 0 Å². The molecule has 1 heterocycles. The van der Waals surface area contributed by atoms with Crippen LogP contribution in [-0.4, -0.2) is 30.3 Å². The van der Waals surface area contributed by atoms with Gasteiger partial charge in [0, 0.05) is 18.7 Å². The molecule has 3 rings (SSSR count). The highest BCUT2D eigenvalue weighted by Gasteiger charge is 2.30. The molecule has 0 aromatic heterocycles. The third-order valence-electron chi connectivity index (χ3n) is 5.32. The summed E-state index contributed by atoms with van der Waals surface area (Å²) in [7, 11) is 0. The van der Waals surface area contributed by atoms with E-state index in [1.165, 1.54) is 17.7 Å². The summed E-state index contributed by atoms with van der Waals surface area (Å²) in [5, 5.41) is 0. The number of Topliss-reactive ketones (excluding diaryl/α,β-unsaturated/α-hetero) is 1. The number of ketones is 1. The highest BCUT2D eigenvalue weighted by molar-refractivity contribution is 5.97. The van der Waals surface area contributed by atoms with E-state index in [1.807, 2.05) is 35.2 Å². The van der Waals surface area contributed by atoms with Crippen LogP contribution in [0.2, 0.25) is 0 Å². The Morgan fingerprint density at radius 2 is 1.86 bits per heavy atom. The summed E-state index contributed by atoms with van der Waals surface area (Å²) in [5.41, 5.74) is 2.83. The highest BCUT2D eigenvalue weighted by atomic mass is 19.4. The average Bonchev–Trinajstić information content (AvgIpc) is 2.72. The molecule has 0 amide bonds. The van der Waals surface area contributed by atoms with Gasteiger partial charge < -0.3 is 0 Å². The molecule has 0 unspecified atom stereocenters. The highest BCUT2D eigenvalue weighted by Crippen LogP contribution is 2.32. The van der Waals surface area contributed by atoms with E-state index < -0.39 is 11.7 Å². The van der Waals surface area contributed by atoms with Crippen molar-refractivity contribution in [2.75, 3.05) is 19.6 Å². The van der Waals surface area contributed by atoms with Crippen molar-refractivity contribution >= 4 is 11.4 Å². The van der Waals surface area contributed by atoms with Gasteiger partial charge in [-0.1, -0.05) is 55.8 Å². The molecule has 0 saturated heterocycles. The molecule has 29 heavy (non-hydrogen) atoms. The van der Waals surface area contributed by atoms with Gasteiger partial charge in [-0.05, 0) is 48.1 Å². The molecule has 0 atom stereocenters. The number of benzene rings is 2. The van der Waals surface area contributed by atoms with E-state index in [2.05, 4.69) is 6.92 Å². The third-order valence-corrected chi connectivity index (χ3v) is 5.32. The summed E-state index contributed by atoms with van der Waals surface area (Å²) < 4.78 is 38.8. The predicted molar refractivity (Wildman–Crippen MR) is 110 cm³/mol. The lowest BCUT2D eigenvalue weighted by Gasteiger charge is -2.26. The van der Waals surface area contributed by atoms with E-state index in [4.69, 9.17) is 0 Å². The Balaban J connectivity index is 1.59. The van der Waals surface area contributed by atoms with Crippen LogP contribution in [0.25, 0.3) is 5.57 Å². The van der Waals surface area contributed by atoms with Crippen LogP contribution >= 0.6 is 0 Å². The van der Waals surface area contributed by atoms with Gasteiger partial charge >= 0.3 is 6.18 Å². The number of rotatable bonds is 7. The molecule has 154 valence electrons. The lowest BCUT2D eigenvalue weighted by Crippen LogP contribution is -2.33. The number of halogens is 3. The Bertz CT molecular complexity index is 868. The van der Waals surface area contributed by atoms with Gasteiger partial charge in [-0.15, -0.1) is 0 Å². The largest absolute Gasteiger partial charge is 0.416 e. The first-order valence-corrected chi connectivity index (χ1v) is 10.1. The number of hydrogen-bond acceptors (Lipinski definition) is 2. The Kier molecular flexibility index (Phi) is 6.91. The summed E-state index contributed by atoms with van der Waals surface area (Å²) in [6.07, 6.45) is 1.54. The maximum absolute atomic E-state index is 12.9. The minimum absolute atomic E-state index is 0.0722. The number of nitrogens with zero attached hydrogens (tertiary/aromatic N) is 1. The Labute approximate surface area is 170 Å². The summed E-state index contributed by atoms with van der Waals surface area (Å²) in [4.78, 5) is 14.6. The molecular formula is C24H26F3NO. The van der Waals surface area contributed by atoms with Gasteiger partial charge in [-0.2, -0.15) is 13.2 Å². The number of hydrogen-bond donors (Lipinski definition) is 0. The SMILES string of the molecule is CCCCc1ccc(C(=O)CN2CC=C(c3cccc(C(F)(F)F)c3)CC2)cc1. The van der Waals surface area contributed by atoms with Crippen molar-refractivity contribution in [1.29, 1.82) is 0 Å². The molecule has 0 fully saturated rings. The standard InChI is InChI=1S/C24H26F3NO/c1-2-3-5-18-8-10-20(11-9-18)23(29)17-28-14-12-19(13-15-28)21-6-4-7-22(16-21)24(25,26)27/h4,6-12,16H,2-3,5,13-15,17H2,1H3. The fourth-order valence-corrected chi connectivity index (χ4v) is 3.54. The lowest BCUT2D eigenvalue weighted by atomic mass is 9.97. The summed E-state index contributed by atoms with van der Waals surface area (Å²) >= 11 is 0. The van der Waals surface area contributed by atoms with Crippen molar-refractivity contribution in [2.24, 2.45) is 0 Å². The number of unbranched alkanes of at least 4 members (excludes halogenated alkanes) is 1. The molecule has 2 aromatic carbocycles. The van der Waals surface area contributed by atoms with Crippen molar-refractivity contribution in [3.63, 3.8) is 0 Å². The molecule has 0 N–H and O–H groups in total. The number of aryl methyl sites for hydroxylation is 1. The van der Waals surface area contributed by atoms with Crippen molar-refractivity contribution in [3.05, 3.63) is 76.9 Å². The minimum Gasteiger partial charge on any atom is -0.293 e. The summed E-state index contributed by atoms with van der Waals surface area (Å²) in [6.45, 7) is 3.69. The van der Waals surface area contributed by atoms with Crippen LogP contribution in [0, 0.1) is 0 Å². The van der Waals surface area contributed by atoms with Gasteiger partial charge in [0.25, 0.3) is 0 Å². The predicted octanol–water partition coefficient (Wildman–Crippen LogP) is 6.02. The molecule has 0 radical (unpaired) electrons. The van der Waals surface area contributed by atoms with Gasteiger partial charge in [0.15, 0.2) is 5.78 Å². The quantitative estimate of drug-likeness (QED) is 0.529. The molecule has 0 aliphatic carbocycles. The van der Waals surface area contributed by atoms with E-state index in [0.29, 0.717) is 37.2 Å². The lowest BCUT2D eigenvalue weighted by molar-refractivity contribution is -0.137. The molecule has 2 aromatic rings. The molecule has 0 bridgehead atoms. The van der Waals surface area contributed by atoms with Crippen molar-refractivity contribution < 1.29 is 18.0 Å². The Hall–Kier alpha value is -2.40. The van der Waals surface area contributed by atoms with Crippen LogP contribution in [0.1, 0.15) is 53.2 Å². The van der Waals surface area contributed by atoms with Gasteiger partial charge in [0.2, 0.25) is 0 Å². The molecule has 0 spiro atoms. The fourth-order valence-electron chi connectivity index (χ4n) is 3.54. The zero-order chi connectivity index (χ0) is 20.9. The van der Waals surface area contributed by atoms with Gasteiger partial charge in [0.05, 0.1) is 12.1 Å². The maximum Gasteiger partial charge on any atom is 0.416 e. The number of carbonyl (C=O) groups excluding carboxylic acids is 1. The zero-order valence-electron chi connectivity index (χ0n) is 16.6. The van der Waals surface area contributed by atoms with Crippen LogP contribution in [0.5, 0.6) is 0 Å². The van der Waals surface area contributed by atoms with Crippen molar-refractivity contribution in [3.8, 4) is 0 Å². The Morgan fingerprint density at radius 1 is 1.10 bits per heavy atom. The van der Waals surface area contributed by atoms with Crippen LogP contribution in [0.4, 0.5) is 13.2 Å². The van der Waals surface area contributed by atoms with E-state index >= 15 is 0 Å². The smallest absolute Gasteiger partial charge is 0.293 e. The van der Waals surface area contributed by atoms with E-state index in [-0.39, 0.29) is 5.78 Å².